The molecule has 4 aromatic rings. The zero-order chi connectivity index (χ0) is 27.4. The summed E-state index contributed by atoms with van der Waals surface area (Å²) in [5.41, 5.74) is 3.06. The largest absolute Gasteiger partial charge is 0.496 e. The Kier molecular flexibility index (Phi) is 7.55. The van der Waals surface area contributed by atoms with E-state index in [4.69, 9.17) is 14.2 Å². The van der Waals surface area contributed by atoms with E-state index in [0.29, 0.717) is 39.4 Å². The molecule has 0 spiro atoms. The molecule has 5 rings (SSSR count). The van der Waals surface area contributed by atoms with Gasteiger partial charge >= 0.3 is 0 Å². The molecule has 1 aliphatic rings. The van der Waals surface area contributed by atoms with Crippen molar-refractivity contribution in [3.63, 3.8) is 0 Å². The van der Waals surface area contributed by atoms with Crippen molar-refractivity contribution in [3.8, 4) is 17.2 Å². The fourth-order valence-electron chi connectivity index (χ4n) is 4.16. The summed E-state index contributed by atoms with van der Waals surface area (Å²) in [4.78, 5) is 35.6. The third kappa shape index (κ3) is 5.46. The molecule has 3 aromatic carbocycles. The lowest BCUT2D eigenvalue weighted by atomic mass is 10.1. The number of carbonyl (C=O) groups is 2. The zero-order valence-corrected chi connectivity index (χ0v) is 22.4. The highest BCUT2D eigenvalue weighted by atomic mass is 32.2. The first kappa shape index (κ1) is 25.9. The van der Waals surface area contributed by atoms with Gasteiger partial charge in [-0.2, -0.15) is 0 Å². The SMILES string of the molecule is COc1cc(OC)c(OC)cc1/C=C1/N=C(SCC(=O)Nc2ccc3cc[nH]c3c2)N(c2ccccc2)C1=O. The second kappa shape index (κ2) is 11.4. The quantitative estimate of drug-likeness (QED) is 0.293. The first-order valence-corrected chi connectivity index (χ1v) is 13.0. The molecule has 9 nitrogen and oxygen atoms in total. The molecule has 0 fully saturated rings. The summed E-state index contributed by atoms with van der Waals surface area (Å²) in [5, 5.41) is 4.36. The van der Waals surface area contributed by atoms with Crippen LogP contribution in [0.15, 0.2) is 83.6 Å². The van der Waals surface area contributed by atoms with E-state index in [2.05, 4.69) is 15.3 Å². The minimum absolute atomic E-state index is 0.0607. The predicted octanol–water partition coefficient (Wildman–Crippen LogP) is 5.31. The van der Waals surface area contributed by atoms with Crippen molar-refractivity contribution in [3.05, 3.63) is 84.2 Å². The number of methoxy groups -OCH3 is 3. The van der Waals surface area contributed by atoms with Crippen LogP contribution in [0.25, 0.3) is 17.0 Å². The topological polar surface area (TPSA) is 105 Å². The van der Waals surface area contributed by atoms with Crippen LogP contribution in [0.4, 0.5) is 11.4 Å². The normalized spacial score (nSPS) is 14.0. The van der Waals surface area contributed by atoms with Gasteiger partial charge in [0.2, 0.25) is 5.91 Å². The molecule has 39 heavy (non-hydrogen) atoms. The number of para-hydroxylation sites is 1. The number of ether oxygens (including phenoxy) is 3. The fraction of sp³-hybridized carbons (Fsp3) is 0.138. The average molecular weight is 543 g/mol. The number of rotatable bonds is 8. The predicted molar refractivity (Wildman–Crippen MR) is 155 cm³/mol. The van der Waals surface area contributed by atoms with E-state index in [1.165, 1.54) is 38.0 Å². The number of amidine groups is 1. The number of anilines is 2. The maximum Gasteiger partial charge on any atom is 0.283 e. The first-order valence-electron chi connectivity index (χ1n) is 12.0. The van der Waals surface area contributed by atoms with Gasteiger partial charge in [-0.1, -0.05) is 36.0 Å². The van der Waals surface area contributed by atoms with Gasteiger partial charge in [0.05, 0.1) is 32.8 Å². The number of nitrogens with zero attached hydrogens (tertiary/aromatic N) is 2. The zero-order valence-electron chi connectivity index (χ0n) is 21.6. The number of hydrogen-bond acceptors (Lipinski definition) is 7. The number of carbonyl (C=O) groups excluding carboxylic acids is 2. The van der Waals surface area contributed by atoms with Crippen LogP contribution >= 0.6 is 11.8 Å². The summed E-state index contributed by atoms with van der Waals surface area (Å²) in [6.07, 6.45) is 3.49. The minimum Gasteiger partial charge on any atom is -0.496 e. The molecule has 0 aliphatic carbocycles. The van der Waals surface area contributed by atoms with Gasteiger partial charge in [0.1, 0.15) is 11.4 Å². The number of thioether (sulfide) groups is 1. The number of fused-ring (bicyclic) bond motifs is 1. The number of H-pyrrole nitrogens is 1. The Balaban J connectivity index is 1.41. The molecule has 1 aliphatic heterocycles. The van der Waals surface area contributed by atoms with E-state index in [1.807, 2.05) is 60.8 Å². The second-order valence-corrected chi connectivity index (χ2v) is 9.41. The Morgan fingerprint density at radius 3 is 2.46 bits per heavy atom. The van der Waals surface area contributed by atoms with Gasteiger partial charge in [0.25, 0.3) is 5.91 Å². The van der Waals surface area contributed by atoms with Gasteiger partial charge in [-0.3, -0.25) is 14.5 Å². The molecular formula is C29H26N4O5S. The molecule has 0 bridgehead atoms. The highest BCUT2D eigenvalue weighted by molar-refractivity contribution is 8.14. The Morgan fingerprint density at radius 1 is 0.974 bits per heavy atom. The van der Waals surface area contributed by atoms with Crippen molar-refractivity contribution < 1.29 is 23.8 Å². The van der Waals surface area contributed by atoms with Crippen LogP contribution < -0.4 is 24.4 Å². The smallest absolute Gasteiger partial charge is 0.283 e. The number of hydrogen-bond donors (Lipinski definition) is 2. The van der Waals surface area contributed by atoms with Crippen LogP contribution in [-0.4, -0.2) is 49.0 Å². The lowest BCUT2D eigenvalue weighted by Crippen LogP contribution is -2.31. The van der Waals surface area contributed by atoms with Gasteiger partial charge < -0.3 is 24.5 Å². The molecule has 0 saturated carbocycles. The van der Waals surface area contributed by atoms with E-state index in [-0.39, 0.29) is 23.3 Å². The molecule has 198 valence electrons. The van der Waals surface area contributed by atoms with Crippen LogP contribution in [-0.2, 0) is 9.59 Å². The van der Waals surface area contributed by atoms with Gasteiger partial charge in [0.15, 0.2) is 16.7 Å². The monoisotopic (exact) mass is 542 g/mol. The number of nitrogens with one attached hydrogen (secondary N) is 2. The number of aromatic amines is 1. The molecule has 0 atom stereocenters. The molecule has 2 amide bonds. The Morgan fingerprint density at radius 2 is 1.72 bits per heavy atom. The molecule has 0 unspecified atom stereocenters. The van der Waals surface area contributed by atoms with Crippen molar-refractivity contribution in [2.45, 2.75) is 0 Å². The third-order valence-electron chi connectivity index (χ3n) is 6.04. The number of aromatic nitrogens is 1. The van der Waals surface area contributed by atoms with Gasteiger partial charge in [0, 0.05) is 29.0 Å². The Labute approximate surface area is 229 Å². The Hall–Kier alpha value is -4.70. The fourth-order valence-corrected chi connectivity index (χ4v) is 4.98. The standard InChI is InChI=1S/C29H26N4O5S/c1-36-24-16-26(38-3)25(37-2)14-19(24)13-23-28(35)33(21-7-5-4-6-8-21)29(32-23)39-17-27(34)31-20-10-9-18-11-12-30-22(18)15-20/h4-16,30H,17H2,1-3H3,(H,31,34)/b23-13+. The van der Waals surface area contributed by atoms with E-state index in [9.17, 15) is 9.59 Å². The van der Waals surface area contributed by atoms with Gasteiger partial charge in [-0.15, -0.1) is 0 Å². The lowest BCUT2D eigenvalue weighted by molar-refractivity contribution is -0.114. The first-order chi connectivity index (χ1) is 19.0. The van der Waals surface area contributed by atoms with E-state index < -0.39 is 0 Å². The number of benzene rings is 3. The highest BCUT2D eigenvalue weighted by Crippen LogP contribution is 2.37. The molecule has 0 saturated heterocycles. The van der Waals surface area contributed by atoms with E-state index >= 15 is 0 Å². The van der Waals surface area contributed by atoms with Crippen LogP contribution in [0.5, 0.6) is 17.2 Å². The summed E-state index contributed by atoms with van der Waals surface area (Å²) in [6, 6.07) is 20.2. The van der Waals surface area contributed by atoms with Crippen LogP contribution in [0.3, 0.4) is 0 Å². The van der Waals surface area contributed by atoms with Gasteiger partial charge in [-0.05, 0) is 47.9 Å². The second-order valence-electron chi connectivity index (χ2n) is 8.47. The maximum absolute atomic E-state index is 13.6. The average Bonchev–Trinajstić information content (AvgIpc) is 3.55. The molecule has 2 heterocycles. The Bertz CT molecular complexity index is 1600. The molecule has 1 aromatic heterocycles. The summed E-state index contributed by atoms with van der Waals surface area (Å²) in [5.74, 6) is 1.01. The van der Waals surface area contributed by atoms with Crippen molar-refractivity contribution >= 4 is 57.1 Å². The molecule has 2 N–H and O–H groups in total. The molecular weight excluding hydrogens is 516 g/mol. The minimum atomic E-state index is -0.321. The summed E-state index contributed by atoms with van der Waals surface area (Å²) in [7, 11) is 4.61. The van der Waals surface area contributed by atoms with Crippen LogP contribution in [0.1, 0.15) is 5.56 Å². The van der Waals surface area contributed by atoms with Crippen molar-refractivity contribution in [1.82, 2.24) is 4.98 Å². The summed E-state index contributed by atoms with van der Waals surface area (Å²) in [6.45, 7) is 0. The number of aliphatic imine (C=N–C) groups is 1. The molecule has 0 radical (unpaired) electrons. The van der Waals surface area contributed by atoms with E-state index in [1.54, 1.807) is 18.2 Å². The summed E-state index contributed by atoms with van der Waals surface area (Å²) >= 11 is 1.18. The summed E-state index contributed by atoms with van der Waals surface area (Å²) < 4.78 is 16.3. The third-order valence-corrected chi connectivity index (χ3v) is 6.98. The van der Waals surface area contributed by atoms with Crippen LogP contribution in [0.2, 0.25) is 0 Å². The van der Waals surface area contributed by atoms with Gasteiger partial charge in [-0.25, -0.2) is 4.99 Å². The molecule has 10 heteroatoms. The van der Waals surface area contributed by atoms with Crippen molar-refractivity contribution in [2.75, 3.05) is 37.3 Å². The lowest BCUT2D eigenvalue weighted by Gasteiger charge is -2.17. The highest BCUT2D eigenvalue weighted by Gasteiger charge is 2.32. The maximum atomic E-state index is 13.6. The number of amides is 2. The van der Waals surface area contributed by atoms with E-state index in [0.717, 1.165) is 10.9 Å². The van der Waals surface area contributed by atoms with Crippen molar-refractivity contribution in [1.29, 1.82) is 0 Å². The van der Waals surface area contributed by atoms with Crippen molar-refractivity contribution in [2.24, 2.45) is 4.99 Å². The van der Waals surface area contributed by atoms with Crippen LogP contribution in [0, 0.1) is 0 Å².